The van der Waals surface area contributed by atoms with Crippen LogP contribution >= 0.6 is 0 Å². The zero-order valence-electron chi connectivity index (χ0n) is 11.4. The molecule has 0 aromatic carbocycles. The molecule has 2 atom stereocenters. The maximum Gasteiger partial charge on any atom is 0.293 e. The first-order valence-corrected chi connectivity index (χ1v) is 6.45. The van der Waals surface area contributed by atoms with Crippen LogP contribution < -0.4 is 0 Å². The summed E-state index contributed by atoms with van der Waals surface area (Å²) in [5.41, 5.74) is 0.686. The van der Waals surface area contributed by atoms with Crippen molar-refractivity contribution in [3.63, 3.8) is 0 Å². The number of nitrogens with one attached hydrogen (secondary N) is 1. The van der Waals surface area contributed by atoms with Crippen molar-refractivity contribution in [3.05, 3.63) is 35.7 Å². The number of rotatable bonds is 3. The van der Waals surface area contributed by atoms with E-state index in [4.69, 9.17) is 9.26 Å². The number of H-pyrrole nitrogens is 1. The average Bonchev–Trinajstić information content (AvgIpc) is 3.17. The summed E-state index contributed by atoms with van der Waals surface area (Å²) in [5.74, 6) is 0.816. The molecule has 1 saturated heterocycles. The van der Waals surface area contributed by atoms with E-state index in [0.29, 0.717) is 18.7 Å². The van der Waals surface area contributed by atoms with Gasteiger partial charge in [0.25, 0.3) is 5.91 Å². The lowest BCUT2D eigenvalue weighted by Crippen LogP contribution is -2.32. The fourth-order valence-corrected chi connectivity index (χ4v) is 2.52. The largest absolute Gasteiger partial charge is 0.380 e. The Morgan fingerprint density at radius 1 is 1.60 bits per heavy atom. The van der Waals surface area contributed by atoms with Gasteiger partial charge in [-0.1, -0.05) is 5.16 Å². The second kappa shape index (κ2) is 5.09. The molecule has 0 unspecified atom stereocenters. The van der Waals surface area contributed by atoms with E-state index in [2.05, 4.69) is 15.1 Å². The van der Waals surface area contributed by atoms with Gasteiger partial charge in [0.1, 0.15) is 5.82 Å². The SMILES string of the molecule is CO[C@@H]1C[C@@H](c2ncc[nH]2)N(C(=O)c2cc(C)no2)C1. The molecule has 1 aliphatic heterocycles. The summed E-state index contributed by atoms with van der Waals surface area (Å²) in [7, 11) is 1.65. The van der Waals surface area contributed by atoms with Crippen LogP contribution in [0.3, 0.4) is 0 Å². The minimum atomic E-state index is -0.188. The zero-order chi connectivity index (χ0) is 14.1. The van der Waals surface area contributed by atoms with Gasteiger partial charge in [-0.2, -0.15) is 0 Å². The maximum atomic E-state index is 12.5. The minimum Gasteiger partial charge on any atom is -0.380 e. The molecular formula is C13H16N4O3. The van der Waals surface area contributed by atoms with E-state index < -0.39 is 0 Å². The highest BCUT2D eigenvalue weighted by atomic mass is 16.5. The molecule has 1 N–H and O–H groups in total. The molecule has 106 valence electrons. The van der Waals surface area contributed by atoms with Gasteiger partial charge in [0, 0.05) is 38.5 Å². The first-order chi connectivity index (χ1) is 9.69. The molecular weight excluding hydrogens is 260 g/mol. The number of aromatic nitrogens is 3. The van der Waals surface area contributed by atoms with Gasteiger partial charge in [-0.05, 0) is 6.92 Å². The van der Waals surface area contributed by atoms with E-state index in [1.54, 1.807) is 37.4 Å². The lowest BCUT2D eigenvalue weighted by molar-refractivity contribution is 0.0645. The zero-order valence-corrected chi connectivity index (χ0v) is 11.4. The van der Waals surface area contributed by atoms with Crippen LogP contribution in [0.25, 0.3) is 0 Å². The van der Waals surface area contributed by atoms with Crippen LogP contribution in [0, 0.1) is 6.92 Å². The van der Waals surface area contributed by atoms with Crippen molar-refractivity contribution >= 4 is 5.91 Å². The summed E-state index contributed by atoms with van der Waals surface area (Å²) in [6.07, 6.45) is 4.13. The topological polar surface area (TPSA) is 84.2 Å². The number of methoxy groups -OCH3 is 1. The Bertz CT molecular complexity index is 593. The third-order valence-corrected chi connectivity index (χ3v) is 3.53. The number of amides is 1. The molecule has 20 heavy (non-hydrogen) atoms. The van der Waals surface area contributed by atoms with E-state index in [1.165, 1.54) is 0 Å². The molecule has 0 spiro atoms. The second-order valence-corrected chi connectivity index (χ2v) is 4.87. The summed E-state index contributed by atoms with van der Waals surface area (Å²) in [6.45, 7) is 2.30. The van der Waals surface area contributed by atoms with E-state index in [-0.39, 0.29) is 23.8 Å². The molecule has 2 aromatic heterocycles. The quantitative estimate of drug-likeness (QED) is 0.913. The molecule has 1 fully saturated rings. The van der Waals surface area contributed by atoms with Gasteiger partial charge >= 0.3 is 0 Å². The van der Waals surface area contributed by atoms with Crippen molar-refractivity contribution in [3.8, 4) is 0 Å². The number of hydrogen-bond donors (Lipinski definition) is 1. The highest BCUT2D eigenvalue weighted by Gasteiger charge is 2.39. The first-order valence-electron chi connectivity index (χ1n) is 6.45. The number of carbonyl (C=O) groups excluding carboxylic acids is 1. The van der Waals surface area contributed by atoms with E-state index in [0.717, 1.165) is 5.82 Å². The van der Waals surface area contributed by atoms with Crippen LogP contribution in [0.1, 0.15) is 34.5 Å². The molecule has 1 aliphatic rings. The summed E-state index contributed by atoms with van der Waals surface area (Å²) in [4.78, 5) is 21.5. The third kappa shape index (κ3) is 2.20. The lowest BCUT2D eigenvalue weighted by atomic mass is 10.2. The van der Waals surface area contributed by atoms with Crippen molar-refractivity contribution in [2.75, 3.05) is 13.7 Å². The van der Waals surface area contributed by atoms with Crippen LogP contribution in [0.5, 0.6) is 0 Å². The minimum absolute atomic E-state index is 0.00179. The van der Waals surface area contributed by atoms with Crippen LogP contribution in [0.4, 0.5) is 0 Å². The molecule has 3 rings (SSSR count). The predicted molar refractivity (Wildman–Crippen MR) is 69.0 cm³/mol. The third-order valence-electron chi connectivity index (χ3n) is 3.53. The standard InChI is InChI=1S/C13H16N4O3/c1-8-5-11(20-16-8)13(18)17-7-9(19-2)6-10(17)12-14-3-4-15-12/h3-5,9-10H,6-7H2,1-2H3,(H,14,15)/t9-,10+/m1/s1. The summed E-state index contributed by atoms with van der Waals surface area (Å²) >= 11 is 0. The van der Waals surface area contributed by atoms with Crippen molar-refractivity contribution in [1.29, 1.82) is 0 Å². The van der Waals surface area contributed by atoms with Gasteiger partial charge in [0.15, 0.2) is 0 Å². The van der Waals surface area contributed by atoms with Gasteiger partial charge in [-0.3, -0.25) is 4.79 Å². The monoisotopic (exact) mass is 276 g/mol. The van der Waals surface area contributed by atoms with Gasteiger partial charge in [0.2, 0.25) is 5.76 Å². The average molecular weight is 276 g/mol. The smallest absolute Gasteiger partial charge is 0.293 e. The number of ether oxygens (including phenoxy) is 1. The van der Waals surface area contributed by atoms with Gasteiger partial charge in [-0.25, -0.2) is 4.98 Å². The van der Waals surface area contributed by atoms with Crippen LogP contribution in [-0.2, 0) is 4.74 Å². The Balaban J connectivity index is 1.87. The number of hydrogen-bond acceptors (Lipinski definition) is 5. The molecule has 0 aliphatic carbocycles. The fourth-order valence-electron chi connectivity index (χ4n) is 2.52. The maximum absolute atomic E-state index is 12.5. The second-order valence-electron chi connectivity index (χ2n) is 4.87. The van der Waals surface area contributed by atoms with Crippen molar-refractivity contribution in [2.24, 2.45) is 0 Å². The summed E-state index contributed by atoms with van der Waals surface area (Å²) in [6, 6.07) is 1.51. The Hall–Kier alpha value is -2.15. The van der Waals surface area contributed by atoms with E-state index >= 15 is 0 Å². The van der Waals surface area contributed by atoms with Crippen LogP contribution in [-0.4, -0.2) is 45.7 Å². The Morgan fingerprint density at radius 3 is 3.05 bits per heavy atom. The first kappa shape index (κ1) is 12.9. The highest BCUT2D eigenvalue weighted by Crippen LogP contribution is 2.32. The van der Waals surface area contributed by atoms with Gasteiger partial charge < -0.3 is 19.1 Å². The molecule has 3 heterocycles. The number of carbonyl (C=O) groups is 1. The van der Waals surface area contributed by atoms with Gasteiger partial charge in [0.05, 0.1) is 17.8 Å². The van der Waals surface area contributed by atoms with Gasteiger partial charge in [-0.15, -0.1) is 0 Å². The number of aromatic amines is 1. The molecule has 2 aromatic rings. The molecule has 0 radical (unpaired) electrons. The normalized spacial score (nSPS) is 22.4. The Kier molecular flexibility index (Phi) is 3.27. The molecule has 1 amide bonds. The Morgan fingerprint density at radius 2 is 2.45 bits per heavy atom. The predicted octanol–water partition coefficient (Wildman–Crippen LogP) is 1.31. The number of imidazole rings is 1. The highest BCUT2D eigenvalue weighted by molar-refractivity contribution is 5.92. The van der Waals surface area contributed by atoms with E-state index in [1.807, 2.05) is 0 Å². The number of likely N-dealkylation sites (tertiary alicyclic amines) is 1. The van der Waals surface area contributed by atoms with E-state index in [9.17, 15) is 4.79 Å². The molecule has 0 saturated carbocycles. The Labute approximate surface area is 115 Å². The summed E-state index contributed by atoms with van der Waals surface area (Å²) in [5, 5.41) is 3.76. The molecule has 7 heteroatoms. The molecule has 0 bridgehead atoms. The molecule has 7 nitrogen and oxygen atoms in total. The lowest BCUT2D eigenvalue weighted by Gasteiger charge is -2.21. The van der Waals surface area contributed by atoms with Crippen LogP contribution in [0.15, 0.2) is 23.0 Å². The number of nitrogens with zero attached hydrogens (tertiary/aromatic N) is 3. The van der Waals surface area contributed by atoms with Crippen molar-refractivity contribution < 1.29 is 14.1 Å². The fraction of sp³-hybridized carbons (Fsp3) is 0.462. The van der Waals surface area contributed by atoms with Crippen LogP contribution in [0.2, 0.25) is 0 Å². The van der Waals surface area contributed by atoms with Crippen molar-refractivity contribution in [1.82, 2.24) is 20.0 Å². The number of aryl methyl sites for hydroxylation is 1. The summed E-state index contributed by atoms with van der Waals surface area (Å²) < 4.78 is 10.4. The van der Waals surface area contributed by atoms with Crippen molar-refractivity contribution in [2.45, 2.75) is 25.5 Å².